The van der Waals surface area contributed by atoms with Gasteiger partial charge in [-0.15, -0.1) is 4.40 Å². The Morgan fingerprint density at radius 3 is 3.04 bits per heavy atom. The molecule has 1 aromatic rings. The van der Waals surface area contributed by atoms with E-state index >= 15 is 0 Å². The number of sulfonamides is 1. The van der Waals surface area contributed by atoms with E-state index in [0.29, 0.717) is 29.5 Å². The summed E-state index contributed by atoms with van der Waals surface area (Å²) in [5.74, 6) is 0.576. The highest BCUT2D eigenvalue weighted by Crippen LogP contribution is 2.20. The molecule has 0 aliphatic carbocycles. The molecule has 0 spiro atoms. The number of nitrogens with one attached hydrogen (secondary N) is 1. The van der Waals surface area contributed by atoms with Gasteiger partial charge in [-0.3, -0.25) is 4.79 Å². The van der Waals surface area contributed by atoms with E-state index in [2.05, 4.69) is 16.3 Å². The first-order chi connectivity index (χ1) is 12.0. The molecular weight excluding hydrogens is 342 g/mol. The van der Waals surface area contributed by atoms with E-state index in [1.807, 2.05) is 0 Å². The second-order valence-electron chi connectivity index (χ2n) is 5.43. The van der Waals surface area contributed by atoms with Crippen LogP contribution in [0.3, 0.4) is 0 Å². The number of hydrogen-bond acceptors (Lipinski definition) is 5. The minimum absolute atomic E-state index is 0.0710. The third-order valence-electron chi connectivity index (χ3n) is 3.55. The first-order valence-corrected chi connectivity index (χ1v) is 9.22. The number of carbonyl (C=O) groups excluding carboxylic acids is 1. The molecule has 8 heteroatoms. The van der Waals surface area contributed by atoms with Crippen LogP contribution in [0.15, 0.2) is 65.2 Å². The van der Waals surface area contributed by atoms with Gasteiger partial charge in [-0.2, -0.15) is 0 Å². The molecule has 0 radical (unpaired) electrons. The van der Waals surface area contributed by atoms with Crippen LogP contribution in [0.5, 0.6) is 5.75 Å². The zero-order chi connectivity index (χ0) is 17.9. The monoisotopic (exact) mass is 359 g/mol. The normalized spacial score (nSPS) is 17.8. The van der Waals surface area contributed by atoms with Crippen molar-refractivity contribution < 1.29 is 17.9 Å². The SMILES string of the molecule is C=CCOc1cccc(NC(=O)C2=CN3CCS(=O)(=O)N=C3C=C2)c1. The molecule has 0 saturated carbocycles. The lowest BCUT2D eigenvalue weighted by Gasteiger charge is -2.26. The molecule has 2 aliphatic rings. The lowest BCUT2D eigenvalue weighted by Crippen LogP contribution is -2.37. The van der Waals surface area contributed by atoms with Crippen LogP contribution in [0.25, 0.3) is 0 Å². The van der Waals surface area contributed by atoms with Gasteiger partial charge in [0.15, 0.2) is 0 Å². The molecule has 1 aromatic carbocycles. The van der Waals surface area contributed by atoms with Gasteiger partial charge in [0, 0.05) is 24.5 Å². The third-order valence-corrected chi connectivity index (χ3v) is 4.71. The predicted octanol–water partition coefficient (Wildman–Crippen LogP) is 1.69. The number of amides is 1. The Bertz CT molecular complexity index is 900. The van der Waals surface area contributed by atoms with E-state index in [4.69, 9.17) is 4.74 Å². The van der Waals surface area contributed by atoms with Gasteiger partial charge < -0.3 is 15.0 Å². The summed E-state index contributed by atoms with van der Waals surface area (Å²) in [6.07, 6.45) is 6.31. The van der Waals surface area contributed by atoms with E-state index < -0.39 is 10.0 Å². The summed E-state index contributed by atoms with van der Waals surface area (Å²) >= 11 is 0. The molecule has 0 saturated heterocycles. The summed E-state index contributed by atoms with van der Waals surface area (Å²) in [5.41, 5.74) is 1.01. The second-order valence-corrected chi connectivity index (χ2v) is 7.18. The van der Waals surface area contributed by atoms with Crippen LogP contribution >= 0.6 is 0 Å². The van der Waals surface area contributed by atoms with Gasteiger partial charge >= 0.3 is 0 Å². The molecule has 0 fully saturated rings. The number of rotatable bonds is 5. The summed E-state index contributed by atoms with van der Waals surface area (Å²) in [7, 11) is -3.41. The van der Waals surface area contributed by atoms with Gasteiger partial charge in [-0.05, 0) is 24.3 Å². The van der Waals surface area contributed by atoms with E-state index in [-0.39, 0.29) is 18.2 Å². The minimum atomic E-state index is -3.41. The first kappa shape index (κ1) is 17.0. The maximum atomic E-state index is 12.4. The summed E-state index contributed by atoms with van der Waals surface area (Å²) in [4.78, 5) is 14.1. The molecule has 1 amide bonds. The fourth-order valence-corrected chi connectivity index (χ4v) is 3.33. The lowest BCUT2D eigenvalue weighted by atomic mass is 10.1. The van der Waals surface area contributed by atoms with Crippen LogP contribution in [0, 0.1) is 0 Å². The van der Waals surface area contributed by atoms with Gasteiger partial charge in [0.05, 0.1) is 11.3 Å². The second kappa shape index (κ2) is 6.94. The Labute approximate surface area is 146 Å². The number of amidine groups is 1. The van der Waals surface area contributed by atoms with Gasteiger partial charge in [0.2, 0.25) is 0 Å². The smallest absolute Gasteiger partial charge is 0.257 e. The van der Waals surface area contributed by atoms with Crippen molar-refractivity contribution in [2.45, 2.75) is 0 Å². The molecule has 1 N–H and O–H groups in total. The molecule has 2 aliphatic heterocycles. The molecule has 0 bridgehead atoms. The average Bonchev–Trinajstić information content (AvgIpc) is 2.59. The number of ether oxygens (including phenoxy) is 1. The zero-order valence-electron chi connectivity index (χ0n) is 13.4. The summed E-state index contributed by atoms with van der Waals surface area (Å²) in [6, 6.07) is 7.04. The van der Waals surface area contributed by atoms with Crippen LogP contribution in [-0.4, -0.2) is 44.0 Å². The van der Waals surface area contributed by atoms with Gasteiger partial charge in [-0.25, -0.2) is 8.42 Å². The predicted molar refractivity (Wildman–Crippen MR) is 95.9 cm³/mol. The Morgan fingerprint density at radius 2 is 2.24 bits per heavy atom. The number of benzene rings is 1. The quantitative estimate of drug-likeness (QED) is 0.808. The van der Waals surface area contributed by atoms with Crippen molar-refractivity contribution in [3.05, 3.63) is 60.8 Å². The molecule has 25 heavy (non-hydrogen) atoms. The van der Waals surface area contributed by atoms with Gasteiger partial charge in [0.1, 0.15) is 18.2 Å². The zero-order valence-corrected chi connectivity index (χ0v) is 14.2. The van der Waals surface area contributed by atoms with Crippen LogP contribution in [0.4, 0.5) is 5.69 Å². The number of nitrogens with zero attached hydrogens (tertiary/aromatic N) is 2. The minimum Gasteiger partial charge on any atom is -0.489 e. The topological polar surface area (TPSA) is 88.1 Å². The Morgan fingerprint density at radius 1 is 1.40 bits per heavy atom. The molecule has 0 atom stereocenters. The maximum Gasteiger partial charge on any atom is 0.257 e. The summed E-state index contributed by atoms with van der Waals surface area (Å²) in [5, 5.41) is 2.79. The third kappa shape index (κ3) is 4.16. The van der Waals surface area contributed by atoms with Crippen LogP contribution in [0.2, 0.25) is 0 Å². The number of carbonyl (C=O) groups is 1. The van der Waals surface area contributed by atoms with Crippen molar-refractivity contribution in [3.8, 4) is 5.75 Å². The van der Waals surface area contributed by atoms with Crippen molar-refractivity contribution in [1.29, 1.82) is 0 Å². The average molecular weight is 359 g/mol. The fraction of sp³-hybridized carbons (Fsp3) is 0.176. The number of fused-ring (bicyclic) bond motifs is 1. The van der Waals surface area contributed by atoms with Crippen molar-refractivity contribution in [2.24, 2.45) is 4.40 Å². The van der Waals surface area contributed by atoms with Crippen molar-refractivity contribution >= 4 is 27.5 Å². The van der Waals surface area contributed by atoms with E-state index in [0.717, 1.165) is 0 Å². The van der Waals surface area contributed by atoms with Crippen LogP contribution < -0.4 is 10.1 Å². The summed E-state index contributed by atoms with van der Waals surface area (Å²) < 4.78 is 32.1. The molecule has 7 nitrogen and oxygen atoms in total. The van der Waals surface area contributed by atoms with Crippen molar-refractivity contribution in [1.82, 2.24) is 4.90 Å². The highest BCUT2D eigenvalue weighted by Gasteiger charge is 2.25. The molecule has 2 heterocycles. The first-order valence-electron chi connectivity index (χ1n) is 7.61. The molecule has 0 aromatic heterocycles. The highest BCUT2D eigenvalue weighted by atomic mass is 32.2. The molecule has 3 rings (SSSR count). The molecule has 0 unspecified atom stereocenters. The van der Waals surface area contributed by atoms with Crippen LogP contribution in [0.1, 0.15) is 0 Å². The summed E-state index contributed by atoms with van der Waals surface area (Å²) in [6.45, 7) is 4.24. The Kier molecular flexibility index (Phi) is 4.71. The van der Waals surface area contributed by atoms with Crippen molar-refractivity contribution in [3.63, 3.8) is 0 Å². The van der Waals surface area contributed by atoms with Crippen LogP contribution in [-0.2, 0) is 14.8 Å². The molecule has 130 valence electrons. The maximum absolute atomic E-state index is 12.4. The lowest BCUT2D eigenvalue weighted by molar-refractivity contribution is -0.112. The van der Waals surface area contributed by atoms with Crippen molar-refractivity contribution in [2.75, 3.05) is 24.2 Å². The number of anilines is 1. The van der Waals surface area contributed by atoms with Gasteiger partial charge in [0.25, 0.3) is 15.9 Å². The molecular formula is C17H17N3O4S. The number of hydrogen-bond donors (Lipinski definition) is 1. The van der Waals surface area contributed by atoms with E-state index in [1.165, 1.54) is 6.08 Å². The Balaban J connectivity index is 1.72. The fourth-order valence-electron chi connectivity index (χ4n) is 2.36. The standard InChI is InChI=1S/C17H17N3O4S/c1-2-9-24-15-5-3-4-14(11-15)18-17(21)13-6-7-16-19-25(22,23)10-8-20(16)12-13/h2-7,11-12H,1,8-10H2,(H,18,21). The Hall–Kier alpha value is -2.87. The largest absolute Gasteiger partial charge is 0.489 e. The van der Waals surface area contributed by atoms with Gasteiger partial charge in [-0.1, -0.05) is 18.7 Å². The van der Waals surface area contributed by atoms with E-state index in [1.54, 1.807) is 47.5 Å². The van der Waals surface area contributed by atoms with E-state index in [9.17, 15) is 13.2 Å². The highest BCUT2D eigenvalue weighted by molar-refractivity contribution is 7.90.